The third-order valence-corrected chi connectivity index (χ3v) is 5.97. The van der Waals surface area contributed by atoms with Crippen LogP contribution in [0.5, 0.6) is 0 Å². The van der Waals surface area contributed by atoms with Crippen molar-refractivity contribution in [1.82, 2.24) is 0 Å². The second-order valence-corrected chi connectivity index (χ2v) is 7.46. The van der Waals surface area contributed by atoms with Gasteiger partial charge in [-0.3, -0.25) is 0 Å². The van der Waals surface area contributed by atoms with Crippen LogP contribution in [0.3, 0.4) is 0 Å². The average molecular weight is 314 g/mol. The first-order valence-corrected chi connectivity index (χ1v) is 9.30. The molecule has 0 atom stereocenters. The van der Waals surface area contributed by atoms with Crippen LogP contribution in [-0.4, -0.2) is 6.16 Å². The molecule has 0 aliphatic carbocycles. The van der Waals surface area contributed by atoms with Crippen LogP contribution in [0.25, 0.3) is 6.08 Å². The molecule has 3 aromatic rings. The SMILES string of the molecule is C(=CCP(c1ccccc1)c1ccccc1)=Cc1ccccc1. The van der Waals surface area contributed by atoms with E-state index < -0.39 is 0 Å². The molecule has 0 aromatic heterocycles. The van der Waals surface area contributed by atoms with Gasteiger partial charge >= 0.3 is 0 Å². The monoisotopic (exact) mass is 314 g/mol. The highest BCUT2D eigenvalue weighted by Crippen LogP contribution is 2.33. The van der Waals surface area contributed by atoms with E-state index in [1.54, 1.807) is 0 Å². The molecule has 0 nitrogen and oxygen atoms in total. The summed E-state index contributed by atoms with van der Waals surface area (Å²) in [5, 5.41) is 2.82. The van der Waals surface area contributed by atoms with E-state index in [1.165, 1.54) is 16.2 Å². The molecule has 3 rings (SSSR count). The van der Waals surface area contributed by atoms with Crippen LogP contribution in [0, 0.1) is 0 Å². The second-order valence-electron chi connectivity index (χ2n) is 5.21. The Hall–Kier alpha value is -2.39. The van der Waals surface area contributed by atoms with Gasteiger partial charge in [-0.2, -0.15) is 0 Å². The standard InChI is InChI=1S/C22H19P/c1-4-12-20(13-5-1)14-10-11-19-23(21-15-6-2-7-16-21)22-17-8-3-9-18-22/h1-9,11-18H,19H2. The summed E-state index contributed by atoms with van der Waals surface area (Å²) in [7, 11) is -0.369. The Bertz CT molecular complexity index is 730. The van der Waals surface area contributed by atoms with Gasteiger partial charge in [0.25, 0.3) is 0 Å². The van der Waals surface area contributed by atoms with E-state index in [1.807, 2.05) is 24.3 Å². The van der Waals surface area contributed by atoms with Crippen LogP contribution in [0.4, 0.5) is 0 Å². The fourth-order valence-corrected chi connectivity index (χ4v) is 4.50. The quantitative estimate of drug-likeness (QED) is 0.460. The summed E-state index contributed by atoms with van der Waals surface area (Å²) in [5.41, 5.74) is 4.53. The van der Waals surface area contributed by atoms with Crippen molar-refractivity contribution in [3.8, 4) is 0 Å². The second kappa shape index (κ2) is 8.30. The molecule has 23 heavy (non-hydrogen) atoms. The maximum Gasteiger partial charge on any atom is 0.00120 e. The first kappa shape index (κ1) is 15.5. The Kier molecular flexibility index (Phi) is 5.59. The van der Waals surface area contributed by atoms with Crippen molar-refractivity contribution in [2.45, 2.75) is 0 Å². The zero-order chi connectivity index (χ0) is 15.7. The summed E-state index contributed by atoms with van der Waals surface area (Å²) in [6.07, 6.45) is 5.22. The number of rotatable bonds is 5. The largest absolute Gasteiger partial charge is 0.124 e. The lowest BCUT2D eigenvalue weighted by Crippen LogP contribution is -2.12. The Labute approximate surface area is 139 Å². The van der Waals surface area contributed by atoms with Gasteiger partial charge in [-0.25, -0.2) is 0 Å². The average Bonchev–Trinajstić information content (AvgIpc) is 2.64. The molecule has 3 aromatic carbocycles. The molecule has 0 aliphatic rings. The first-order valence-electron chi connectivity index (χ1n) is 7.77. The highest BCUT2D eigenvalue weighted by atomic mass is 31.1. The van der Waals surface area contributed by atoms with Gasteiger partial charge in [-0.1, -0.05) is 91.0 Å². The lowest BCUT2D eigenvalue weighted by Gasteiger charge is -2.16. The molecule has 0 unspecified atom stereocenters. The molecule has 0 amide bonds. The van der Waals surface area contributed by atoms with Crippen molar-refractivity contribution in [2.75, 3.05) is 6.16 Å². The number of benzene rings is 3. The van der Waals surface area contributed by atoms with Crippen molar-refractivity contribution >= 4 is 24.6 Å². The van der Waals surface area contributed by atoms with Crippen LogP contribution in [-0.2, 0) is 0 Å². The molecular formula is C22H19P. The molecule has 0 heterocycles. The molecule has 0 bridgehead atoms. The Morgan fingerprint density at radius 3 is 1.65 bits per heavy atom. The van der Waals surface area contributed by atoms with Crippen LogP contribution in [0.1, 0.15) is 5.56 Å². The van der Waals surface area contributed by atoms with E-state index in [2.05, 4.69) is 84.6 Å². The van der Waals surface area contributed by atoms with Gasteiger partial charge < -0.3 is 0 Å². The molecule has 0 radical (unpaired) electrons. The van der Waals surface area contributed by atoms with Gasteiger partial charge in [0, 0.05) is 6.16 Å². The van der Waals surface area contributed by atoms with Crippen LogP contribution in [0.15, 0.2) is 103 Å². The van der Waals surface area contributed by atoms with E-state index in [0.29, 0.717) is 0 Å². The fraction of sp³-hybridized carbons (Fsp3) is 0.0455. The highest BCUT2D eigenvalue weighted by molar-refractivity contribution is 7.73. The third-order valence-electron chi connectivity index (χ3n) is 3.58. The predicted molar refractivity (Wildman–Crippen MR) is 103 cm³/mol. The molecule has 0 saturated heterocycles. The van der Waals surface area contributed by atoms with E-state index in [0.717, 1.165) is 6.16 Å². The number of allylic oxidation sites excluding steroid dienone is 1. The van der Waals surface area contributed by atoms with Gasteiger partial charge in [0.1, 0.15) is 0 Å². The topological polar surface area (TPSA) is 0 Å². The summed E-state index contributed by atoms with van der Waals surface area (Å²) in [4.78, 5) is 0. The Morgan fingerprint density at radius 1 is 0.652 bits per heavy atom. The molecular weight excluding hydrogens is 295 g/mol. The van der Waals surface area contributed by atoms with Crippen molar-refractivity contribution < 1.29 is 0 Å². The molecule has 0 fully saturated rings. The minimum Gasteiger partial charge on any atom is -0.124 e. The highest BCUT2D eigenvalue weighted by Gasteiger charge is 2.10. The zero-order valence-corrected chi connectivity index (χ0v) is 13.9. The minimum atomic E-state index is -0.369. The van der Waals surface area contributed by atoms with Gasteiger partial charge in [-0.15, -0.1) is 5.73 Å². The van der Waals surface area contributed by atoms with Crippen molar-refractivity contribution in [3.05, 3.63) is 108 Å². The van der Waals surface area contributed by atoms with Crippen molar-refractivity contribution in [3.63, 3.8) is 0 Å². The summed E-state index contributed by atoms with van der Waals surface area (Å²) in [5.74, 6) is 0. The fourth-order valence-electron chi connectivity index (χ4n) is 2.42. The molecule has 1 heteroatoms. The van der Waals surface area contributed by atoms with Crippen LogP contribution < -0.4 is 10.6 Å². The Balaban J connectivity index is 1.81. The summed E-state index contributed by atoms with van der Waals surface area (Å²) in [6.45, 7) is 0. The maximum atomic E-state index is 3.34. The summed E-state index contributed by atoms with van der Waals surface area (Å²) in [6, 6.07) is 31.9. The number of hydrogen-bond donors (Lipinski definition) is 0. The molecule has 0 spiro atoms. The first-order chi connectivity index (χ1) is 11.4. The number of hydrogen-bond acceptors (Lipinski definition) is 0. The van der Waals surface area contributed by atoms with E-state index >= 15 is 0 Å². The Morgan fingerprint density at radius 2 is 1.13 bits per heavy atom. The van der Waals surface area contributed by atoms with Crippen LogP contribution in [0.2, 0.25) is 0 Å². The van der Waals surface area contributed by atoms with E-state index in [4.69, 9.17) is 0 Å². The molecule has 112 valence electrons. The zero-order valence-electron chi connectivity index (χ0n) is 13.0. The summed E-state index contributed by atoms with van der Waals surface area (Å²) >= 11 is 0. The summed E-state index contributed by atoms with van der Waals surface area (Å²) < 4.78 is 0. The smallest absolute Gasteiger partial charge is 0.00120 e. The van der Waals surface area contributed by atoms with E-state index in [9.17, 15) is 0 Å². The third kappa shape index (κ3) is 4.54. The van der Waals surface area contributed by atoms with Gasteiger partial charge in [-0.05, 0) is 36.2 Å². The molecule has 0 saturated carbocycles. The van der Waals surface area contributed by atoms with Crippen molar-refractivity contribution in [1.29, 1.82) is 0 Å². The van der Waals surface area contributed by atoms with E-state index in [-0.39, 0.29) is 7.92 Å². The van der Waals surface area contributed by atoms with Gasteiger partial charge in [0.15, 0.2) is 0 Å². The minimum absolute atomic E-state index is 0.369. The lowest BCUT2D eigenvalue weighted by molar-refractivity contribution is 1.66. The predicted octanol–water partition coefficient (Wildman–Crippen LogP) is 4.99. The maximum absolute atomic E-state index is 3.34. The lowest BCUT2D eigenvalue weighted by atomic mass is 10.2. The van der Waals surface area contributed by atoms with Gasteiger partial charge in [0.2, 0.25) is 0 Å². The molecule has 0 aliphatic heterocycles. The molecule has 0 N–H and O–H groups in total. The van der Waals surface area contributed by atoms with Crippen molar-refractivity contribution in [2.24, 2.45) is 0 Å². The normalized spacial score (nSPS) is 10.1. The van der Waals surface area contributed by atoms with Gasteiger partial charge in [0.05, 0.1) is 0 Å². The van der Waals surface area contributed by atoms with Crippen LogP contribution >= 0.6 is 7.92 Å².